The molecule has 0 amide bonds. The fraction of sp³-hybridized carbons (Fsp3) is 0.273. The standard InChI is InChI=1S/C9H9N.C2H6/c1-2-3-8-4-6-9(10)7-5-8;1-2/h4-7H,10H2,1H3;1-2H3. The number of nitrogens with two attached hydrogens (primary N) is 1. The van der Waals surface area contributed by atoms with Crippen molar-refractivity contribution in [1.82, 2.24) is 0 Å². The zero-order chi connectivity index (χ0) is 9.40. The van der Waals surface area contributed by atoms with Crippen molar-refractivity contribution in [2.45, 2.75) is 20.8 Å². The first-order valence-electron chi connectivity index (χ1n) is 4.11. The highest BCUT2D eigenvalue weighted by molar-refractivity contribution is 5.44. The molecule has 1 aromatic carbocycles. The van der Waals surface area contributed by atoms with Crippen molar-refractivity contribution >= 4 is 5.69 Å². The second kappa shape index (κ2) is 6.30. The van der Waals surface area contributed by atoms with Crippen LogP contribution in [0.4, 0.5) is 5.69 Å². The molecule has 0 spiro atoms. The van der Waals surface area contributed by atoms with E-state index >= 15 is 0 Å². The number of nitrogen functional groups attached to an aromatic ring is 1. The highest BCUT2D eigenvalue weighted by Crippen LogP contribution is 2.03. The molecule has 0 atom stereocenters. The summed E-state index contributed by atoms with van der Waals surface area (Å²) in [5.74, 6) is 5.74. The van der Waals surface area contributed by atoms with Crippen LogP contribution in [0.25, 0.3) is 0 Å². The van der Waals surface area contributed by atoms with Crippen LogP contribution >= 0.6 is 0 Å². The molecule has 1 rings (SSSR count). The minimum atomic E-state index is 0.779. The second-order valence-electron chi connectivity index (χ2n) is 2.00. The van der Waals surface area contributed by atoms with E-state index < -0.39 is 0 Å². The molecule has 64 valence electrons. The Morgan fingerprint density at radius 2 is 1.58 bits per heavy atom. The van der Waals surface area contributed by atoms with E-state index in [0.29, 0.717) is 0 Å². The van der Waals surface area contributed by atoms with Crippen molar-refractivity contribution in [2.24, 2.45) is 0 Å². The topological polar surface area (TPSA) is 26.0 Å². The third kappa shape index (κ3) is 3.68. The van der Waals surface area contributed by atoms with Gasteiger partial charge in [-0.2, -0.15) is 0 Å². The molecule has 0 bridgehead atoms. The third-order valence-corrected chi connectivity index (χ3v) is 1.18. The lowest BCUT2D eigenvalue weighted by Gasteiger charge is -1.90. The second-order valence-corrected chi connectivity index (χ2v) is 2.00. The van der Waals surface area contributed by atoms with Gasteiger partial charge in [0.1, 0.15) is 0 Å². The normalized spacial score (nSPS) is 7.25. The Bertz CT molecular complexity index is 261. The van der Waals surface area contributed by atoms with Crippen LogP contribution in [0.15, 0.2) is 24.3 Å². The summed E-state index contributed by atoms with van der Waals surface area (Å²) in [5, 5.41) is 0. The zero-order valence-corrected chi connectivity index (χ0v) is 7.89. The monoisotopic (exact) mass is 161 g/mol. The number of anilines is 1. The molecule has 0 heterocycles. The Balaban J connectivity index is 0.000000561. The fourth-order valence-electron chi connectivity index (χ4n) is 0.711. The molecule has 0 aliphatic carbocycles. The first kappa shape index (κ1) is 10.6. The average Bonchev–Trinajstić information content (AvgIpc) is 2.13. The number of benzene rings is 1. The molecule has 0 aliphatic rings. The van der Waals surface area contributed by atoms with Crippen LogP contribution in [0, 0.1) is 11.8 Å². The summed E-state index contributed by atoms with van der Waals surface area (Å²) < 4.78 is 0. The highest BCUT2D eigenvalue weighted by atomic mass is 14.5. The molecule has 0 radical (unpaired) electrons. The molecule has 0 aliphatic heterocycles. The van der Waals surface area contributed by atoms with Crippen molar-refractivity contribution in [3.05, 3.63) is 29.8 Å². The van der Waals surface area contributed by atoms with Crippen molar-refractivity contribution in [3.8, 4) is 11.8 Å². The number of hydrogen-bond donors (Lipinski definition) is 1. The van der Waals surface area contributed by atoms with Crippen molar-refractivity contribution in [3.63, 3.8) is 0 Å². The average molecular weight is 161 g/mol. The summed E-state index contributed by atoms with van der Waals surface area (Å²) in [6, 6.07) is 7.51. The van der Waals surface area contributed by atoms with Crippen LogP contribution in [0.3, 0.4) is 0 Å². The summed E-state index contributed by atoms with van der Waals surface area (Å²) >= 11 is 0. The molecule has 0 aromatic heterocycles. The Morgan fingerprint density at radius 3 is 2.00 bits per heavy atom. The first-order chi connectivity index (χ1) is 5.83. The molecule has 12 heavy (non-hydrogen) atoms. The number of rotatable bonds is 0. The quantitative estimate of drug-likeness (QED) is 0.459. The van der Waals surface area contributed by atoms with E-state index in [4.69, 9.17) is 5.73 Å². The van der Waals surface area contributed by atoms with Gasteiger partial charge in [-0.05, 0) is 31.2 Å². The Morgan fingerprint density at radius 1 is 1.08 bits per heavy atom. The molecule has 0 unspecified atom stereocenters. The zero-order valence-electron chi connectivity index (χ0n) is 7.89. The molecular formula is C11H15N. The molecule has 1 heteroatoms. The molecule has 0 saturated carbocycles. The van der Waals surface area contributed by atoms with Crippen LogP contribution < -0.4 is 5.73 Å². The smallest absolute Gasteiger partial charge is 0.0314 e. The maximum Gasteiger partial charge on any atom is 0.0314 e. The molecular weight excluding hydrogens is 146 g/mol. The SMILES string of the molecule is CC.CC#Cc1ccc(N)cc1. The van der Waals surface area contributed by atoms with E-state index in [0.717, 1.165) is 11.3 Å². The molecule has 1 nitrogen and oxygen atoms in total. The Kier molecular flexibility index (Phi) is 5.55. The lowest BCUT2D eigenvalue weighted by atomic mass is 10.2. The van der Waals surface area contributed by atoms with Gasteiger partial charge in [-0.3, -0.25) is 0 Å². The van der Waals surface area contributed by atoms with Gasteiger partial charge in [0.05, 0.1) is 0 Å². The van der Waals surface area contributed by atoms with Crippen molar-refractivity contribution in [2.75, 3.05) is 5.73 Å². The largest absolute Gasteiger partial charge is 0.399 e. The van der Waals surface area contributed by atoms with Gasteiger partial charge < -0.3 is 5.73 Å². The summed E-state index contributed by atoms with van der Waals surface area (Å²) in [6.45, 7) is 5.82. The van der Waals surface area contributed by atoms with Crippen molar-refractivity contribution < 1.29 is 0 Å². The summed E-state index contributed by atoms with van der Waals surface area (Å²) in [7, 11) is 0. The molecule has 0 fully saturated rings. The highest BCUT2D eigenvalue weighted by Gasteiger charge is 1.83. The fourth-order valence-corrected chi connectivity index (χ4v) is 0.711. The Labute approximate surface area is 74.6 Å². The number of hydrogen-bond acceptors (Lipinski definition) is 1. The third-order valence-electron chi connectivity index (χ3n) is 1.18. The Hall–Kier alpha value is -1.42. The van der Waals surface area contributed by atoms with Crippen LogP contribution in [0.2, 0.25) is 0 Å². The van der Waals surface area contributed by atoms with Gasteiger partial charge in [0, 0.05) is 11.3 Å². The summed E-state index contributed by atoms with van der Waals surface area (Å²) in [5.41, 5.74) is 7.26. The van der Waals surface area contributed by atoms with E-state index in [1.165, 1.54) is 0 Å². The minimum Gasteiger partial charge on any atom is -0.399 e. The van der Waals surface area contributed by atoms with Gasteiger partial charge in [0.25, 0.3) is 0 Å². The van der Waals surface area contributed by atoms with Crippen LogP contribution in [0.1, 0.15) is 26.3 Å². The molecule has 1 aromatic rings. The van der Waals surface area contributed by atoms with Crippen LogP contribution in [-0.2, 0) is 0 Å². The van der Waals surface area contributed by atoms with E-state index in [-0.39, 0.29) is 0 Å². The van der Waals surface area contributed by atoms with E-state index in [2.05, 4.69) is 11.8 Å². The first-order valence-corrected chi connectivity index (χ1v) is 4.11. The van der Waals surface area contributed by atoms with Gasteiger partial charge in [-0.25, -0.2) is 0 Å². The predicted octanol–water partition coefficient (Wildman–Crippen LogP) is 2.67. The van der Waals surface area contributed by atoms with Gasteiger partial charge >= 0.3 is 0 Å². The van der Waals surface area contributed by atoms with Gasteiger partial charge in [0.15, 0.2) is 0 Å². The molecule has 0 saturated heterocycles. The predicted molar refractivity (Wildman–Crippen MR) is 54.8 cm³/mol. The minimum absolute atomic E-state index is 0.779. The van der Waals surface area contributed by atoms with Crippen molar-refractivity contribution in [1.29, 1.82) is 0 Å². The lowest BCUT2D eigenvalue weighted by Crippen LogP contribution is -1.82. The van der Waals surface area contributed by atoms with Crippen LogP contribution in [0.5, 0.6) is 0 Å². The maximum atomic E-state index is 5.47. The van der Waals surface area contributed by atoms with Crippen LogP contribution in [-0.4, -0.2) is 0 Å². The summed E-state index contributed by atoms with van der Waals surface area (Å²) in [6.07, 6.45) is 0. The van der Waals surface area contributed by atoms with Gasteiger partial charge in [0.2, 0.25) is 0 Å². The lowest BCUT2D eigenvalue weighted by molar-refractivity contribution is 1.50. The molecule has 2 N–H and O–H groups in total. The van der Waals surface area contributed by atoms with Gasteiger partial charge in [-0.15, -0.1) is 5.92 Å². The summed E-state index contributed by atoms with van der Waals surface area (Å²) in [4.78, 5) is 0. The maximum absolute atomic E-state index is 5.47. The van der Waals surface area contributed by atoms with E-state index in [1.807, 2.05) is 45.0 Å². The van der Waals surface area contributed by atoms with Gasteiger partial charge in [-0.1, -0.05) is 19.8 Å². The van der Waals surface area contributed by atoms with E-state index in [1.54, 1.807) is 0 Å². The van der Waals surface area contributed by atoms with E-state index in [9.17, 15) is 0 Å².